The van der Waals surface area contributed by atoms with Crippen LogP contribution in [0.1, 0.15) is 71.4 Å². The number of carbonyl (C=O) groups is 2. The molecular weight excluding hydrogens is 338 g/mol. The van der Waals surface area contributed by atoms with Crippen LogP contribution in [0.5, 0.6) is 0 Å². The minimum absolute atomic E-state index is 0.137. The van der Waals surface area contributed by atoms with E-state index in [4.69, 9.17) is 9.26 Å². The van der Waals surface area contributed by atoms with E-state index in [1.807, 2.05) is 0 Å². The highest BCUT2D eigenvalue weighted by molar-refractivity contribution is 5.97. The second-order valence-electron chi connectivity index (χ2n) is 7.02. The van der Waals surface area contributed by atoms with Crippen LogP contribution in [0.25, 0.3) is 0 Å². The molecule has 9 heteroatoms. The molecule has 0 bridgehead atoms. The Labute approximate surface area is 150 Å². The molecule has 2 aliphatic heterocycles. The highest BCUT2D eigenvalue weighted by Gasteiger charge is 2.45. The third-order valence-electron chi connectivity index (χ3n) is 5.20. The summed E-state index contributed by atoms with van der Waals surface area (Å²) in [5.74, 6) is 0.836. The monoisotopic (exact) mass is 359 g/mol. The summed E-state index contributed by atoms with van der Waals surface area (Å²) in [5.41, 5.74) is 0.388. The van der Waals surface area contributed by atoms with Crippen LogP contribution in [-0.4, -0.2) is 55.6 Å². The van der Waals surface area contributed by atoms with E-state index in [1.54, 1.807) is 11.8 Å². The first kappa shape index (κ1) is 16.9. The van der Waals surface area contributed by atoms with E-state index in [0.717, 1.165) is 25.7 Å². The predicted molar refractivity (Wildman–Crippen MR) is 88.6 cm³/mol. The number of hydrogen-bond acceptors (Lipinski definition) is 7. The lowest BCUT2D eigenvalue weighted by Crippen LogP contribution is -2.46. The number of rotatable bonds is 3. The normalized spacial score (nSPS) is 22.1. The smallest absolute Gasteiger partial charge is 0.271 e. The van der Waals surface area contributed by atoms with E-state index >= 15 is 0 Å². The van der Waals surface area contributed by atoms with Crippen molar-refractivity contribution in [2.75, 3.05) is 13.1 Å². The molecule has 2 aromatic heterocycles. The molecule has 4 heterocycles. The van der Waals surface area contributed by atoms with Crippen molar-refractivity contribution in [1.29, 1.82) is 0 Å². The van der Waals surface area contributed by atoms with E-state index in [9.17, 15) is 9.59 Å². The predicted octanol–water partition coefficient (Wildman–Crippen LogP) is 1.83. The van der Waals surface area contributed by atoms with E-state index in [1.165, 1.54) is 13.0 Å². The summed E-state index contributed by atoms with van der Waals surface area (Å²) in [7, 11) is 0. The summed E-state index contributed by atoms with van der Waals surface area (Å²) in [6, 6.07) is 1.51. The first-order valence-corrected chi connectivity index (χ1v) is 8.79. The molecule has 138 valence electrons. The van der Waals surface area contributed by atoms with Crippen LogP contribution in [0.3, 0.4) is 0 Å². The summed E-state index contributed by atoms with van der Waals surface area (Å²) in [4.78, 5) is 30.0. The second-order valence-corrected chi connectivity index (χ2v) is 7.02. The van der Waals surface area contributed by atoms with Gasteiger partial charge in [-0.2, -0.15) is 10.1 Å². The van der Waals surface area contributed by atoms with Gasteiger partial charge in [-0.25, -0.2) is 0 Å². The van der Waals surface area contributed by atoms with Gasteiger partial charge in [0.1, 0.15) is 17.5 Å². The van der Waals surface area contributed by atoms with Gasteiger partial charge < -0.3 is 14.2 Å². The minimum Gasteiger partial charge on any atom is -0.362 e. The number of aromatic nitrogens is 4. The van der Waals surface area contributed by atoms with Gasteiger partial charge in [-0.1, -0.05) is 5.16 Å². The fourth-order valence-corrected chi connectivity index (χ4v) is 3.70. The van der Waals surface area contributed by atoms with Crippen LogP contribution in [-0.2, 0) is 4.74 Å². The number of nitrogens with zero attached hydrogens (tertiary/aromatic N) is 4. The summed E-state index contributed by atoms with van der Waals surface area (Å²) in [6.07, 6.45) is 3.12. The third-order valence-corrected chi connectivity index (χ3v) is 5.20. The molecule has 0 unspecified atom stereocenters. The lowest BCUT2D eigenvalue weighted by atomic mass is 9.88. The first-order valence-electron chi connectivity index (χ1n) is 8.79. The molecule has 1 N–H and O–H groups in total. The zero-order valence-electron chi connectivity index (χ0n) is 14.8. The Hall–Kier alpha value is -2.55. The molecule has 1 amide bonds. The van der Waals surface area contributed by atoms with Gasteiger partial charge in [0.25, 0.3) is 11.8 Å². The largest absolute Gasteiger partial charge is 0.362 e. The number of hydrogen-bond donors (Lipinski definition) is 1. The first-order chi connectivity index (χ1) is 12.5. The maximum absolute atomic E-state index is 12.6. The van der Waals surface area contributed by atoms with E-state index < -0.39 is 0 Å². The zero-order chi connectivity index (χ0) is 18.3. The number of ether oxygens (including phenoxy) is 1. The molecule has 1 spiro atoms. The Morgan fingerprint density at radius 2 is 2.08 bits per heavy atom. The summed E-state index contributed by atoms with van der Waals surface area (Å²) >= 11 is 0. The molecule has 0 aromatic carbocycles. The number of aromatic amines is 1. The molecule has 2 aromatic rings. The van der Waals surface area contributed by atoms with E-state index in [2.05, 4.69) is 20.3 Å². The number of ketones is 1. The van der Waals surface area contributed by atoms with Crippen molar-refractivity contribution in [3.05, 3.63) is 29.2 Å². The topological polar surface area (TPSA) is 114 Å². The van der Waals surface area contributed by atoms with Gasteiger partial charge in [0, 0.05) is 20.0 Å². The van der Waals surface area contributed by atoms with E-state index in [-0.39, 0.29) is 29.1 Å². The highest BCUT2D eigenvalue weighted by Crippen LogP contribution is 2.44. The standard InChI is InChI=1S/C17H21N5O4/c1-10(23)12-9-13(20-19-12)16(24)22-7-5-17(6-8-22)4-3-14(25-17)15-18-11(2)21-26-15/h9,14H,3-8H2,1-2H3,(H,19,20)/t14-/m1/s1. The molecule has 0 aliphatic carbocycles. The Balaban J connectivity index is 1.38. The molecule has 0 saturated carbocycles. The molecule has 9 nitrogen and oxygen atoms in total. The summed E-state index contributed by atoms with van der Waals surface area (Å²) in [5, 5.41) is 10.4. The molecule has 26 heavy (non-hydrogen) atoms. The number of nitrogens with one attached hydrogen (secondary N) is 1. The van der Waals surface area contributed by atoms with Gasteiger partial charge >= 0.3 is 0 Å². The zero-order valence-corrected chi connectivity index (χ0v) is 14.8. The number of likely N-dealkylation sites (tertiary alicyclic amines) is 1. The van der Waals surface area contributed by atoms with Crippen molar-refractivity contribution in [2.24, 2.45) is 0 Å². The van der Waals surface area contributed by atoms with E-state index in [0.29, 0.717) is 30.5 Å². The number of amides is 1. The average molecular weight is 359 g/mol. The maximum Gasteiger partial charge on any atom is 0.271 e. The van der Waals surface area contributed by atoms with Gasteiger partial charge in [0.15, 0.2) is 11.6 Å². The van der Waals surface area contributed by atoms with Crippen molar-refractivity contribution in [1.82, 2.24) is 25.2 Å². The van der Waals surface area contributed by atoms with Gasteiger partial charge in [-0.3, -0.25) is 14.7 Å². The van der Waals surface area contributed by atoms with Crippen LogP contribution in [0.4, 0.5) is 0 Å². The van der Waals surface area contributed by atoms with Crippen LogP contribution < -0.4 is 0 Å². The number of aryl methyl sites for hydroxylation is 1. The average Bonchev–Trinajstić information content (AvgIpc) is 3.35. The fourth-order valence-electron chi connectivity index (χ4n) is 3.70. The molecule has 0 radical (unpaired) electrons. The summed E-state index contributed by atoms with van der Waals surface area (Å²) < 4.78 is 11.5. The number of Topliss-reactive ketones (excluding diaryl/α,β-unsaturated/α-hetero) is 1. The minimum atomic E-state index is -0.234. The van der Waals surface area contributed by atoms with Crippen molar-refractivity contribution < 1.29 is 18.8 Å². The molecule has 1 atom stereocenters. The Bertz CT molecular complexity index is 834. The Morgan fingerprint density at radius 3 is 2.69 bits per heavy atom. The van der Waals surface area contributed by atoms with Gasteiger partial charge in [-0.05, 0) is 38.7 Å². The quantitative estimate of drug-likeness (QED) is 0.831. The second kappa shape index (κ2) is 6.31. The highest BCUT2D eigenvalue weighted by atomic mass is 16.5. The SMILES string of the molecule is CC(=O)c1cc(C(=O)N2CCC3(CC[C@H](c4nc(C)no4)O3)CC2)[nH]n1. The maximum atomic E-state index is 12.6. The van der Waals surface area contributed by atoms with Gasteiger partial charge in [0.05, 0.1) is 5.60 Å². The molecule has 4 rings (SSSR count). The van der Waals surface area contributed by atoms with Gasteiger partial charge in [-0.15, -0.1) is 0 Å². The number of H-pyrrole nitrogens is 1. The molecule has 2 fully saturated rings. The molecular formula is C17H21N5O4. The Morgan fingerprint density at radius 1 is 1.31 bits per heavy atom. The molecule has 2 aliphatic rings. The van der Waals surface area contributed by atoms with Crippen LogP contribution in [0, 0.1) is 6.92 Å². The van der Waals surface area contributed by atoms with Crippen LogP contribution in [0.2, 0.25) is 0 Å². The van der Waals surface area contributed by atoms with Crippen molar-refractivity contribution >= 4 is 11.7 Å². The number of carbonyl (C=O) groups excluding carboxylic acids is 2. The lowest BCUT2D eigenvalue weighted by Gasteiger charge is -2.38. The lowest BCUT2D eigenvalue weighted by molar-refractivity contribution is -0.0821. The third kappa shape index (κ3) is 3.03. The van der Waals surface area contributed by atoms with Crippen molar-refractivity contribution in [3.8, 4) is 0 Å². The summed E-state index contributed by atoms with van der Waals surface area (Å²) in [6.45, 7) is 4.41. The van der Waals surface area contributed by atoms with Crippen molar-refractivity contribution in [2.45, 2.75) is 51.2 Å². The number of piperidine rings is 1. The van der Waals surface area contributed by atoms with Crippen LogP contribution >= 0.6 is 0 Å². The fraction of sp³-hybridized carbons (Fsp3) is 0.588. The van der Waals surface area contributed by atoms with Crippen LogP contribution in [0.15, 0.2) is 10.6 Å². The van der Waals surface area contributed by atoms with Gasteiger partial charge in [0.2, 0.25) is 0 Å². The Kier molecular flexibility index (Phi) is 4.10. The van der Waals surface area contributed by atoms with Crippen molar-refractivity contribution in [3.63, 3.8) is 0 Å². The molecule has 2 saturated heterocycles.